The van der Waals surface area contributed by atoms with Crippen LogP contribution in [-0.4, -0.2) is 42.9 Å². The molecular formula is C30H30FN5O2. The summed E-state index contributed by atoms with van der Waals surface area (Å²) in [6, 6.07) is 11.2. The van der Waals surface area contributed by atoms with E-state index in [9.17, 15) is 5.11 Å². The standard InChI is InChI=1S/C30H30FN5O2/c1-16-27(35(4)34-33-16)21-15-32-26-19-9-8-18(30(2,3)37)14-23(19)36-28(17-10-12-38-13-11-17)25-20(24(21)29(26)36)6-5-7-22(25)31/h5-9,14-15,17,28,37H,10-13H2,1-4H3. The Morgan fingerprint density at radius 3 is 2.61 bits per heavy atom. The smallest absolute Gasteiger partial charge is 0.129 e. The van der Waals surface area contributed by atoms with Crippen LogP contribution in [0.4, 0.5) is 4.39 Å². The molecule has 194 valence electrons. The summed E-state index contributed by atoms with van der Waals surface area (Å²) in [5, 5.41) is 20.4. The van der Waals surface area contributed by atoms with Crippen molar-refractivity contribution in [2.24, 2.45) is 13.0 Å². The average Bonchev–Trinajstić information content (AvgIpc) is 3.41. The third-order valence-corrected chi connectivity index (χ3v) is 8.37. The fourth-order valence-electron chi connectivity index (χ4n) is 6.60. The lowest BCUT2D eigenvalue weighted by molar-refractivity contribution is 0.0547. The van der Waals surface area contributed by atoms with Gasteiger partial charge >= 0.3 is 0 Å². The fraction of sp³-hybridized carbons (Fsp3) is 0.367. The molecule has 5 aromatic rings. The quantitative estimate of drug-likeness (QED) is 0.338. The Kier molecular flexibility index (Phi) is 5.06. The van der Waals surface area contributed by atoms with E-state index in [4.69, 9.17) is 9.72 Å². The number of hydrogen-bond acceptors (Lipinski definition) is 5. The number of aromatic nitrogens is 5. The molecule has 3 aromatic heterocycles. The van der Waals surface area contributed by atoms with E-state index in [1.165, 1.54) is 0 Å². The number of rotatable bonds is 3. The number of fused-ring (bicyclic) bond motifs is 5. The second kappa shape index (κ2) is 8.19. The van der Waals surface area contributed by atoms with Gasteiger partial charge in [0, 0.05) is 48.5 Å². The first-order valence-electron chi connectivity index (χ1n) is 13.2. The number of benzene rings is 2. The molecule has 7 nitrogen and oxygen atoms in total. The second-order valence-corrected chi connectivity index (χ2v) is 11.1. The zero-order valence-electron chi connectivity index (χ0n) is 22.0. The van der Waals surface area contributed by atoms with Crippen molar-refractivity contribution in [3.05, 3.63) is 65.2 Å². The Labute approximate surface area is 219 Å². The van der Waals surface area contributed by atoms with E-state index in [1.54, 1.807) is 30.7 Å². The van der Waals surface area contributed by atoms with Gasteiger partial charge in [-0.25, -0.2) is 9.07 Å². The Morgan fingerprint density at radius 1 is 1.11 bits per heavy atom. The first-order chi connectivity index (χ1) is 18.3. The zero-order valence-corrected chi connectivity index (χ0v) is 22.0. The molecule has 2 aliphatic rings. The number of aliphatic hydroxyl groups is 1. The summed E-state index contributed by atoms with van der Waals surface area (Å²) in [5.74, 6) is -0.0122. The second-order valence-electron chi connectivity index (χ2n) is 11.1. The van der Waals surface area contributed by atoms with E-state index in [0.717, 1.165) is 68.4 Å². The molecule has 1 fully saturated rings. The number of aryl methyl sites for hydroxylation is 2. The molecule has 38 heavy (non-hydrogen) atoms. The molecule has 2 aliphatic heterocycles. The van der Waals surface area contributed by atoms with Gasteiger partial charge in [0.2, 0.25) is 0 Å². The van der Waals surface area contributed by atoms with Crippen molar-refractivity contribution >= 4 is 21.9 Å². The first kappa shape index (κ1) is 23.5. The van der Waals surface area contributed by atoms with Crippen molar-refractivity contribution in [3.63, 3.8) is 0 Å². The van der Waals surface area contributed by atoms with Gasteiger partial charge < -0.3 is 14.4 Å². The van der Waals surface area contributed by atoms with E-state index in [0.29, 0.717) is 18.8 Å². The maximum Gasteiger partial charge on any atom is 0.129 e. The SMILES string of the molecule is Cc1nnn(C)c1-c1cnc2c3ccc(C(C)(C)O)cc3n3c2c1-c1cccc(F)c1C3C1CCOCC1. The predicted molar refractivity (Wildman–Crippen MR) is 144 cm³/mol. The van der Waals surface area contributed by atoms with Gasteiger partial charge in [-0.05, 0) is 62.8 Å². The maximum atomic E-state index is 16.0. The van der Waals surface area contributed by atoms with Gasteiger partial charge in [0.1, 0.15) is 5.82 Å². The molecule has 0 amide bonds. The molecule has 5 heterocycles. The van der Waals surface area contributed by atoms with Crippen molar-refractivity contribution < 1.29 is 14.2 Å². The highest BCUT2D eigenvalue weighted by Crippen LogP contribution is 2.52. The number of pyridine rings is 1. The van der Waals surface area contributed by atoms with Crippen LogP contribution in [-0.2, 0) is 17.4 Å². The van der Waals surface area contributed by atoms with Crippen molar-refractivity contribution in [2.45, 2.75) is 45.3 Å². The van der Waals surface area contributed by atoms with Crippen molar-refractivity contribution in [1.29, 1.82) is 0 Å². The predicted octanol–water partition coefficient (Wildman–Crippen LogP) is 5.66. The topological polar surface area (TPSA) is 78.0 Å². The van der Waals surface area contributed by atoms with Gasteiger partial charge in [0.25, 0.3) is 0 Å². The summed E-state index contributed by atoms with van der Waals surface area (Å²) >= 11 is 0. The molecule has 0 radical (unpaired) electrons. The number of hydrogen-bond donors (Lipinski definition) is 1. The van der Waals surface area contributed by atoms with Crippen LogP contribution in [0, 0.1) is 18.7 Å². The summed E-state index contributed by atoms with van der Waals surface area (Å²) in [6.07, 6.45) is 3.57. The number of ether oxygens (including phenoxy) is 1. The van der Waals surface area contributed by atoms with Crippen LogP contribution in [0.5, 0.6) is 0 Å². The molecule has 0 bridgehead atoms. The Bertz CT molecular complexity index is 1720. The average molecular weight is 512 g/mol. The maximum absolute atomic E-state index is 16.0. The minimum atomic E-state index is -1.02. The third kappa shape index (κ3) is 3.23. The van der Waals surface area contributed by atoms with Gasteiger partial charge in [-0.1, -0.05) is 29.5 Å². The molecular weight excluding hydrogens is 481 g/mol. The zero-order chi connectivity index (χ0) is 26.3. The first-order valence-corrected chi connectivity index (χ1v) is 13.2. The lowest BCUT2D eigenvalue weighted by Gasteiger charge is -2.37. The van der Waals surface area contributed by atoms with E-state index >= 15 is 4.39 Å². The summed E-state index contributed by atoms with van der Waals surface area (Å²) < 4.78 is 25.8. The van der Waals surface area contributed by atoms with Crippen molar-refractivity contribution in [2.75, 3.05) is 13.2 Å². The highest BCUT2D eigenvalue weighted by atomic mass is 19.1. The van der Waals surface area contributed by atoms with Gasteiger partial charge in [0.05, 0.1) is 39.6 Å². The molecule has 1 N–H and O–H groups in total. The monoisotopic (exact) mass is 511 g/mol. The van der Waals surface area contributed by atoms with Crippen LogP contribution in [0.3, 0.4) is 0 Å². The van der Waals surface area contributed by atoms with Crippen LogP contribution in [0.2, 0.25) is 0 Å². The van der Waals surface area contributed by atoms with Crippen LogP contribution >= 0.6 is 0 Å². The minimum Gasteiger partial charge on any atom is -0.386 e. The van der Waals surface area contributed by atoms with Crippen LogP contribution in [0.25, 0.3) is 44.3 Å². The van der Waals surface area contributed by atoms with Crippen LogP contribution in [0.15, 0.2) is 42.6 Å². The van der Waals surface area contributed by atoms with Gasteiger partial charge in [-0.2, -0.15) is 0 Å². The largest absolute Gasteiger partial charge is 0.386 e. The summed E-state index contributed by atoms with van der Waals surface area (Å²) in [4.78, 5) is 5.01. The minimum absolute atomic E-state index is 0.195. The van der Waals surface area contributed by atoms with Gasteiger partial charge in [-0.15, -0.1) is 5.10 Å². The highest BCUT2D eigenvalue weighted by molar-refractivity contribution is 6.14. The highest BCUT2D eigenvalue weighted by Gasteiger charge is 2.39. The third-order valence-electron chi connectivity index (χ3n) is 8.37. The Balaban J connectivity index is 1.68. The van der Waals surface area contributed by atoms with E-state index in [-0.39, 0.29) is 17.8 Å². The molecule has 7 rings (SSSR count). The normalized spacial score (nSPS) is 17.9. The number of nitrogens with zero attached hydrogens (tertiary/aromatic N) is 5. The lowest BCUT2D eigenvalue weighted by atomic mass is 9.79. The van der Waals surface area contributed by atoms with Crippen molar-refractivity contribution in [1.82, 2.24) is 24.5 Å². The summed E-state index contributed by atoms with van der Waals surface area (Å²) in [5.41, 5.74) is 7.69. The van der Waals surface area contributed by atoms with E-state index in [1.807, 2.05) is 38.4 Å². The summed E-state index contributed by atoms with van der Waals surface area (Å²) in [6.45, 7) is 6.83. The van der Waals surface area contributed by atoms with Gasteiger partial charge in [-0.3, -0.25) is 4.98 Å². The molecule has 0 aliphatic carbocycles. The Morgan fingerprint density at radius 2 is 1.89 bits per heavy atom. The van der Waals surface area contributed by atoms with Crippen LogP contribution < -0.4 is 0 Å². The van der Waals surface area contributed by atoms with E-state index in [2.05, 4.69) is 20.9 Å². The lowest BCUT2D eigenvalue weighted by Crippen LogP contribution is -2.30. The molecule has 1 atom stereocenters. The molecule has 0 saturated carbocycles. The fourth-order valence-corrected chi connectivity index (χ4v) is 6.60. The Hall–Kier alpha value is -3.62. The molecule has 8 heteroatoms. The van der Waals surface area contributed by atoms with Gasteiger partial charge in [0.15, 0.2) is 0 Å². The van der Waals surface area contributed by atoms with E-state index < -0.39 is 5.60 Å². The molecule has 1 saturated heterocycles. The van der Waals surface area contributed by atoms with Crippen LogP contribution in [0.1, 0.15) is 49.6 Å². The molecule has 2 aromatic carbocycles. The molecule has 0 spiro atoms. The summed E-state index contributed by atoms with van der Waals surface area (Å²) in [7, 11) is 1.87. The van der Waals surface area contributed by atoms with Crippen molar-refractivity contribution in [3.8, 4) is 22.4 Å². The number of halogens is 1. The molecule has 1 unspecified atom stereocenters.